The van der Waals surface area contributed by atoms with Crippen LogP contribution in [-0.2, 0) is 42.3 Å². The summed E-state index contributed by atoms with van der Waals surface area (Å²) < 4.78 is 0. The summed E-state index contributed by atoms with van der Waals surface area (Å²) in [4.78, 5) is 27.9. The number of hydrogen-bond donors (Lipinski definition) is 0. The summed E-state index contributed by atoms with van der Waals surface area (Å²) in [5, 5.41) is 0. The van der Waals surface area contributed by atoms with E-state index in [1.165, 1.54) is 25.8 Å². The minimum absolute atomic E-state index is 0. The van der Waals surface area contributed by atoms with Gasteiger partial charge < -0.3 is 9.80 Å². The number of likely N-dealkylation sites (tertiary alicyclic amines) is 1. The van der Waals surface area contributed by atoms with E-state index in [4.69, 9.17) is 0 Å². The van der Waals surface area contributed by atoms with Crippen molar-refractivity contribution < 1.29 is 42.3 Å². The Balaban J connectivity index is -0.000000434. The first-order valence-electron chi connectivity index (χ1n) is 13.0. The number of carbonyl (C=O) groups is 2. The smallest absolute Gasteiger partial charge is 0.209 e. The summed E-state index contributed by atoms with van der Waals surface area (Å²) in [7, 11) is 3.97. The second-order valence-electron chi connectivity index (χ2n) is 8.24. The molecule has 1 aliphatic carbocycles. The second kappa shape index (κ2) is 24.3. The number of ketones is 1. The molecule has 1 amide bonds. The summed E-state index contributed by atoms with van der Waals surface area (Å²) in [5.41, 5.74) is 0. The summed E-state index contributed by atoms with van der Waals surface area (Å²) in [6.07, 6.45) is 7.02. The molecule has 1 radical (unpaired) electrons. The predicted molar refractivity (Wildman–Crippen MR) is 135 cm³/mol. The van der Waals surface area contributed by atoms with Crippen LogP contribution in [0.2, 0.25) is 0 Å². The van der Waals surface area contributed by atoms with Gasteiger partial charge >= 0.3 is 0 Å². The van der Waals surface area contributed by atoms with Crippen molar-refractivity contribution in [3.8, 4) is 0 Å². The molecule has 2 heterocycles. The van der Waals surface area contributed by atoms with Crippen molar-refractivity contribution >= 4 is 12.2 Å². The van der Waals surface area contributed by atoms with Crippen LogP contribution < -0.4 is 0 Å². The number of rotatable bonds is 4. The van der Waals surface area contributed by atoms with E-state index in [9.17, 15) is 9.59 Å². The zero-order valence-corrected chi connectivity index (χ0v) is 25.6. The first-order valence-corrected chi connectivity index (χ1v) is 13.0. The van der Waals surface area contributed by atoms with Gasteiger partial charge in [0, 0.05) is 71.4 Å². The molecular formula is C26H54N3O2Y-. The van der Waals surface area contributed by atoms with Crippen LogP contribution in [0.1, 0.15) is 87.5 Å². The van der Waals surface area contributed by atoms with Crippen molar-refractivity contribution in [3.63, 3.8) is 0 Å². The van der Waals surface area contributed by atoms with Crippen LogP contribution in [0.3, 0.4) is 0 Å². The molecule has 1 unspecified atom stereocenters. The quantitative estimate of drug-likeness (QED) is 0.364. The van der Waals surface area contributed by atoms with Gasteiger partial charge in [-0.3, -0.25) is 21.5 Å². The normalized spacial score (nSPS) is 25.0. The third-order valence-electron chi connectivity index (χ3n) is 6.03. The summed E-state index contributed by atoms with van der Waals surface area (Å²) in [5.74, 6) is 2.43. The van der Waals surface area contributed by atoms with Crippen LogP contribution in [0, 0.1) is 24.8 Å². The number of Topliss-reactive ketones (excluding diaryl/α,β-unsaturated/α-hetero) is 1. The van der Waals surface area contributed by atoms with E-state index < -0.39 is 0 Å². The van der Waals surface area contributed by atoms with Gasteiger partial charge in [0.1, 0.15) is 5.78 Å². The zero-order valence-electron chi connectivity index (χ0n) is 22.7. The second-order valence-corrected chi connectivity index (χ2v) is 8.24. The van der Waals surface area contributed by atoms with Crippen molar-refractivity contribution in [1.29, 1.82) is 0 Å². The molecule has 3 rings (SSSR count). The van der Waals surface area contributed by atoms with Crippen LogP contribution in [-0.4, -0.2) is 72.7 Å². The summed E-state index contributed by atoms with van der Waals surface area (Å²) >= 11 is 0. The Hall–Kier alpha value is 0.164. The molecule has 1 saturated carbocycles. The van der Waals surface area contributed by atoms with Crippen LogP contribution in [0.5, 0.6) is 0 Å². The van der Waals surface area contributed by atoms with E-state index in [0.29, 0.717) is 11.7 Å². The fraction of sp³-hybridized carbons (Fsp3) is 0.885. The minimum Gasteiger partial charge on any atom is -0.459 e. The van der Waals surface area contributed by atoms with Crippen LogP contribution in [0.4, 0.5) is 0 Å². The SMILES string of the molecule is CC.CC.CC.CC(=O)C1CCC(C)CC1.[CH2-]N1CCC(CN2CCN(C=O)CC2)C1.[Y]. The largest absolute Gasteiger partial charge is 0.459 e. The van der Waals surface area contributed by atoms with Crippen molar-refractivity contribution in [1.82, 2.24) is 14.7 Å². The van der Waals surface area contributed by atoms with Gasteiger partial charge in [-0.25, -0.2) is 0 Å². The molecule has 3 fully saturated rings. The Kier molecular flexibility index (Phi) is 27.9. The van der Waals surface area contributed by atoms with Gasteiger partial charge in [0.05, 0.1) is 0 Å². The molecule has 3 aliphatic rings. The number of nitrogens with zero attached hydrogens (tertiary/aromatic N) is 3. The molecule has 1 atom stereocenters. The fourth-order valence-corrected chi connectivity index (χ4v) is 4.14. The number of hydrogen-bond acceptors (Lipinski definition) is 4. The number of piperazine rings is 1. The first-order chi connectivity index (χ1) is 15.0. The minimum atomic E-state index is 0. The van der Waals surface area contributed by atoms with Gasteiger partial charge in [0.2, 0.25) is 6.41 Å². The van der Waals surface area contributed by atoms with Crippen molar-refractivity contribution in [2.45, 2.75) is 87.5 Å². The Morgan fingerprint density at radius 2 is 1.38 bits per heavy atom. The van der Waals surface area contributed by atoms with Gasteiger partial charge in [-0.2, -0.15) is 0 Å². The molecule has 0 N–H and O–H groups in total. The molecule has 2 saturated heterocycles. The van der Waals surface area contributed by atoms with Crippen molar-refractivity contribution in [3.05, 3.63) is 7.05 Å². The number of carbonyl (C=O) groups excluding carboxylic acids is 2. The summed E-state index contributed by atoms with van der Waals surface area (Å²) in [6, 6.07) is 0. The Morgan fingerprint density at radius 3 is 1.75 bits per heavy atom. The van der Waals surface area contributed by atoms with E-state index in [1.807, 2.05) is 46.4 Å². The van der Waals surface area contributed by atoms with Gasteiger partial charge in [-0.05, 0) is 51.1 Å². The van der Waals surface area contributed by atoms with Crippen LogP contribution in [0.25, 0.3) is 0 Å². The van der Waals surface area contributed by atoms with Gasteiger partial charge in [-0.15, -0.1) is 0 Å². The molecule has 6 heteroatoms. The Morgan fingerprint density at radius 1 is 0.875 bits per heavy atom. The molecule has 0 aromatic heterocycles. The monoisotopic (exact) mass is 529 g/mol. The Labute approximate surface area is 226 Å². The molecule has 2 aliphatic heterocycles. The van der Waals surface area contributed by atoms with Crippen LogP contribution in [0.15, 0.2) is 0 Å². The molecule has 0 aromatic rings. The molecule has 5 nitrogen and oxygen atoms in total. The molecule has 189 valence electrons. The van der Waals surface area contributed by atoms with E-state index in [2.05, 4.69) is 23.8 Å². The molecule has 0 aromatic carbocycles. The molecular weight excluding hydrogens is 475 g/mol. The summed E-state index contributed by atoms with van der Waals surface area (Å²) in [6.45, 7) is 23.3. The van der Waals surface area contributed by atoms with Crippen molar-refractivity contribution in [2.75, 3.05) is 45.8 Å². The Bertz CT molecular complexity index is 421. The maximum absolute atomic E-state index is 10.9. The standard InChI is InChI=1S/C11H20N3O.C9H16O.3C2H6.Y/c1-12-3-2-11(8-12)9-13-4-6-14(10-15)7-5-13;1-7-3-5-9(6-4-7)8(2)10;3*1-2;/h10-11H,1-9H2;7,9H,3-6H2,1-2H3;3*1-2H3;/q-1;;;;;. The topological polar surface area (TPSA) is 43.9 Å². The predicted octanol–water partition coefficient (Wildman–Crippen LogP) is 5.35. The van der Waals surface area contributed by atoms with E-state index in [1.54, 1.807) is 6.92 Å². The van der Waals surface area contributed by atoms with Crippen molar-refractivity contribution in [2.24, 2.45) is 17.8 Å². The molecule has 0 bridgehead atoms. The maximum atomic E-state index is 10.9. The first kappa shape index (κ1) is 36.7. The van der Waals surface area contributed by atoms with Gasteiger partial charge in [-0.1, -0.05) is 61.3 Å². The van der Waals surface area contributed by atoms with Gasteiger partial charge in [0.25, 0.3) is 0 Å². The van der Waals surface area contributed by atoms with E-state index in [0.717, 1.165) is 70.4 Å². The van der Waals surface area contributed by atoms with E-state index in [-0.39, 0.29) is 32.7 Å². The zero-order chi connectivity index (χ0) is 24.2. The van der Waals surface area contributed by atoms with Gasteiger partial charge in [0.15, 0.2) is 0 Å². The number of amides is 1. The fourth-order valence-electron chi connectivity index (χ4n) is 4.14. The molecule has 0 spiro atoms. The molecule has 32 heavy (non-hydrogen) atoms. The van der Waals surface area contributed by atoms with Crippen LogP contribution >= 0.6 is 0 Å². The van der Waals surface area contributed by atoms with E-state index >= 15 is 0 Å². The third kappa shape index (κ3) is 16.7. The maximum Gasteiger partial charge on any atom is 0.209 e. The average Bonchev–Trinajstić information content (AvgIpc) is 3.23. The third-order valence-corrected chi connectivity index (χ3v) is 6.03. The average molecular weight is 530 g/mol.